The summed E-state index contributed by atoms with van der Waals surface area (Å²) in [5.74, 6) is 0.136. The smallest absolute Gasteiger partial charge is 0.252 e. The van der Waals surface area contributed by atoms with E-state index >= 15 is 0 Å². The van der Waals surface area contributed by atoms with Crippen molar-refractivity contribution in [1.82, 2.24) is 4.31 Å². The summed E-state index contributed by atoms with van der Waals surface area (Å²) in [6.07, 6.45) is 1.08. The molecule has 2 heterocycles. The van der Waals surface area contributed by atoms with Crippen LogP contribution in [0.4, 0.5) is 5.69 Å². The molecular weight excluding hydrogens is 380 g/mol. The van der Waals surface area contributed by atoms with Crippen LogP contribution in [0.25, 0.3) is 0 Å². The molecule has 1 saturated heterocycles. The Labute approximate surface area is 165 Å². The molecule has 0 spiro atoms. The molecule has 0 unspecified atom stereocenters. The number of hydrogen-bond donors (Lipinski definition) is 1. The molecule has 0 bridgehead atoms. The molecule has 1 N–H and O–H groups in total. The fourth-order valence-electron chi connectivity index (χ4n) is 3.46. The highest BCUT2D eigenvalue weighted by atomic mass is 32.2. The topological polar surface area (TPSA) is 66.5 Å². The number of aryl methyl sites for hydroxylation is 1. The molecule has 146 valence electrons. The van der Waals surface area contributed by atoms with Crippen LogP contribution < -0.4 is 5.32 Å². The molecule has 1 amide bonds. The second-order valence-electron chi connectivity index (χ2n) is 7.29. The van der Waals surface area contributed by atoms with Gasteiger partial charge in [0.05, 0.1) is 0 Å². The number of nitrogens with zero attached hydrogens (tertiary/aromatic N) is 1. The van der Waals surface area contributed by atoms with Gasteiger partial charge < -0.3 is 5.32 Å². The van der Waals surface area contributed by atoms with Crippen molar-refractivity contribution in [3.8, 4) is 0 Å². The van der Waals surface area contributed by atoms with Crippen LogP contribution in [0.15, 0.2) is 39.9 Å². The second-order valence-corrected chi connectivity index (χ2v) is 10.4. The van der Waals surface area contributed by atoms with E-state index in [2.05, 4.69) is 19.2 Å². The average Bonchev–Trinajstić information content (AvgIpc) is 3.19. The van der Waals surface area contributed by atoms with Gasteiger partial charge in [-0.25, -0.2) is 8.42 Å². The maximum atomic E-state index is 12.8. The van der Waals surface area contributed by atoms with Crippen molar-refractivity contribution in [1.29, 1.82) is 0 Å². The van der Waals surface area contributed by atoms with Crippen LogP contribution >= 0.6 is 11.3 Å². The number of rotatable bonds is 5. The second kappa shape index (κ2) is 8.12. The highest BCUT2D eigenvalue weighted by molar-refractivity contribution is 7.91. The number of benzene rings is 1. The number of hydrogen-bond acceptors (Lipinski definition) is 4. The van der Waals surface area contributed by atoms with Gasteiger partial charge in [0.1, 0.15) is 4.21 Å². The van der Waals surface area contributed by atoms with Gasteiger partial charge in [0.2, 0.25) is 5.91 Å². The summed E-state index contributed by atoms with van der Waals surface area (Å²) in [5, 5.41) is 4.87. The van der Waals surface area contributed by atoms with Crippen molar-refractivity contribution in [2.24, 2.45) is 5.92 Å². The number of para-hydroxylation sites is 1. The van der Waals surface area contributed by atoms with Crippen molar-refractivity contribution in [2.45, 2.75) is 43.7 Å². The van der Waals surface area contributed by atoms with Gasteiger partial charge >= 0.3 is 0 Å². The number of sulfonamides is 1. The molecule has 1 aliphatic rings. The molecule has 0 atom stereocenters. The van der Waals surface area contributed by atoms with E-state index in [0.717, 1.165) is 16.8 Å². The average molecular weight is 407 g/mol. The van der Waals surface area contributed by atoms with Crippen molar-refractivity contribution in [3.63, 3.8) is 0 Å². The molecule has 5 nitrogen and oxygen atoms in total. The van der Waals surface area contributed by atoms with Gasteiger partial charge in [-0.05, 0) is 48.3 Å². The molecule has 1 aliphatic heterocycles. The number of carbonyl (C=O) groups is 1. The molecule has 3 rings (SSSR count). The molecule has 27 heavy (non-hydrogen) atoms. The Morgan fingerprint density at radius 1 is 1.19 bits per heavy atom. The van der Waals surface area contributed by atoms with E-state index in [0.29, 0.717) is 36.1 Å². The maximum Gasteiger partial charge on any atom is 0.252 e. The van der Waals surface area contributed by atoms with Gasteiger partial charge in [-0.1, -0.05) is 38.1 Å². The quantitative estimate of drug-likeness (QED) is 0.808. The lowest BCUT2D eigenvalue weighted by Crippen LogP contribution is -2.41. The van der Waals surface area contributed by atoms with Gasteiger partial charge in [0.15, 0.2) is 0 Å². The van der Waals surface area contributed by atoms with Gasteiger partial charge in [-0.2, -0.15) is 4.31 Å². The summed E-state index contributed by atoms with van der Waals surface area (Å²) in [5.41, 5.74) is 3.07. The fraction of sp³-hybridized carbons (Fsp3) is 0.450. The first kappa shape index (κ1) is 20.0. The highest BCUT2D eigenvalue weighted by Gasteiger charge is 2.32. The normalized spacial score (nSPS) is 16.6. The lowest BCUT2D eigenvalue weighted by Gasteiger charge is -2.30. The Morgan fingerprint density at radius 2 is 1.89 bits per heavy atom. The van der Waals surface area contributed by atoms with E-state index in [1.165, 1.54) is 15.6 Å². The van der Waals surface area contributed by atoms with Crippen molar-refractivity contribution < 1.29 is 13.2 Å². The van der Waals surface area contributed by atoms with E-state index < -0.39 is 10.0 Å². The zero-order chi connectivity index (χ0) is 19.6. The molecular formula is C20H26N2O3S2. The molecule has 0 radical (unpaired) electrons. The lowest BCUT2D eigenvalue weighted by molar-refractivity contribution is -0.120. The summed E-state index contributed by atoms with van der Waals surface area (Å²) in [6, 6.07) is 9.42. The van der Waals surface area contributed by atoms with E-state index in [-0.39, 0.29) is 11.8 Å². The van der Waals surface area contributed by atoms with E-state index in [1.54, 1.807) is 17.5 Å². The SMILES string of the molecule is Cc1cccc(C(C)C)c1NC(=O)C1CCN(S(=O)(=O)c2cccs2)CC1. The molecule has 1 aromatic heterocycles. The van der Waals surface area contributed by atoms with Crippen molar-refractivity contribution in [2.75, 3.05) is 18.4 Å². The number of carbonyl (C=O) groups excluding carboxylic acids is 1. The Morgan fingerprint density at radius 3 is 2.48 bits per heavy atom. The number of amides is 1. The van der Waals surface area contributed by atoms with Crippen LogP contribution in [0.2, 0.25) is 0 Å². The monoisotopic (exact) mass is 406 g/mol. The number of piperidine rings is 1. The largest absolute Gasteiger partial charge is 0.325 e. The number of nitrogens with one attached hydrogen (secondary N) is 1. The highest BCUT2D eigenvalue weighted by Crippen LogP contribution is 2.30. The van der Waals surface area contributed by atoms with Crippen molar-refractivity contribution in [3.05, 3.63) is 46.8 Å². The summed E-state index contributed by atoms with van der Waals surface area (Å²) in [4.78, 5) is 12.8. The lowest BCUT2D eigenvalue weighted by atomic mass is 9.95. The molecule has 7 heteroatoms. The summed E-state index contributed by atoms with van der Waals surface area (Å²) < 4.78 is 27.1. The number of anilines is 1. The number of thiophene rings is 1. The molecule has 0 saturated carbocycles. The standard InChI is InChI=1S/C20H26N2O3S2/c1-14(2)17-7-4-6-15(3)19(17)21-20(23)16-9-11-22(12-10-16)27(24,25)18-8-5-13-26-18/h4-8,13-14,16H,9-12H2,1-3H3,(H,21,23). The van der Waals surface area contributed by atoms with Crippen LogP contribution in [0.1, 0.15) is 43.7 Å². The summed E-state index contributed by atoms with van der Waals surface area (Å²) in [7, 11) is -3.43. The van der Waals surface area contributed by atoms with Gasteiger partial charge in [-0.3, -0.25) is 4.79 Å². The predicted octanol–water partition coefficient (Wildman–Crippen LogP) is 4.22. The fourth-order valence-corrected chi connectivity index (χ4v) is 6.08. The third-order valence-electron chi connectivity index (χ3n) is 5.09. The summed E-state index contributed by atoms with van der Waals surface area (Å²) in [6.45, 7) is 6.97. The Hall–Kier alpha value is -1.70. The maximum absolute atomic E-state index is 12.8. The van der Waals surface area contributed by atoms with Crippen LogP contribution in [0.3, 0.4) is 0 Å². The third-order valence-corrected chi connectivity index (χ3v) is 8.36. The first-order valence-electron chi connectivity index (χ1n) is 9.24. The first-order valence-corrected chi connectivity index (χ1v) is 11.6. The zero-order valence-corrected chi connectivity index (χ0v) is 17.6. The molecule has 2 aromatic rings. The van der Waals surface area contributed by atoms with Crippen molar-refractivity contribution >= 4 is 33.0 Å². The van der Waals surface area contributed by atoms with Gasteiger partial charge in [-0.15, -0.1) is 11.3 Å². The Balaban J connectivity index is 1.66. The molecule has 1 fully saturated rings. The minimum atomic E-state index is -3.43. The predicted molar refractivity (Wildman–Crippen MR) is 110 cm³/mol. The third kappa shape index (κ3) is 4.25. The minimum Gasteiger partial charge on any atom is -0.325 e. The Bertz CT molecular complexity index is 897. The molecule has 1 aromatic carbocycles. The zero-order valence-electron chi connectivity index (χ0n) is 15.9. The van der Waals surface area contributed by atoms with Gasteiger partial charge in [0.25, 0.3) is 10.0 Å². The molecule has 0 aliphatic carbocycles. The van der Waals surface area contributed by atoms with Crippen LogP contribution in [-0.2, 0) is 14.8 Å². The van der Waals surface area contributed by atoms with Crippen LogP contribution in [0, 0.1) is 12.8 Å². The van der Waals surface area contributed by atoms with Gasteiger partial charge in [0, 0.05) is 24.7 Å². The van der Waals surface area contributed by atoms with E-state index in [9.17, 15) is 13.2 Å². The first-order chi connectivity index (χ1) is 12.8. The summed E-state index contributed by atoms with van der Waals surface area (Å²) >= 11 is 1.23. The van der Waals surface area contributed by atoms with E-state index in [4.69, 9.17) is 0 Å². The minimum absolute atomic E-state index is 0.0145. The van der Waals surface area contributed by atoms with E-state index in [1.807, 2.05) is 25.1 Å². The van der Waals surface area contributed by atoms with Crippen LogP contribution in [-0.4, -0.2) is 31.7 Å². The van der Waals surface area contributed by atoms with Crippen LogP contribution in [0.5, 0.6) is 0 Å². The Kier molecular flexibility index (Phi) is 6.03.